The third-order valence-electron chi connectivity index (χ3n) is 4.74. The molecule has 29 heavy (non-hydrogen) atoms. The third-order valence-corrected chi connectivity index (χ3v) is 4.74. The Balaban J connectivity index is 1.70. The number of fused-ring (bicyclic) bond motifs is 1. The average molecular weight is 394 g/mol. The Labute approximate surface area is 170 Å². The van der Waals surface area contributed by atoms with Gasteiger partial charge in [-0.1, -0.05) is 18.2 Å². The molecule has 2 amide bonds. The summed E-state index contributed by atoms with van der Waals surface area (Å²) in [6.45, 7) is 5.36. The Morgan fingerprint density at radius 3 is 2.52 bits per heavy atom. The van der Waals surface area contributed by atoms with Crippen LogP contribution in [0.4, 0.5) is 0 Å². The van der Waals surface area contributed by atoms with Crippen molar-refractivity contribution in [2.24, 2.45) is 0 Å². The van der Waals surface area contributed by atoms with E-state index in [9.17, 15) is 9.59 Å². The van der Waals surface area contributed by atoms with Crippen molar-refractivity contribution in [1.82, 2.24) is 19.2 Å². The second-order valence-corrected chi connectivity index (χ2v) is 6.71. The second-order valence-electron chi connectivity index (χ2n) is 6.71. The molecule has 0 aliphatic carbocycles. The Hall–Kier alpha value is -3.35. The molecule has 1 aromatic carbocycles. The zero-order valence-electron chi connectivity index (χ0n) is 17.0. The zero-order valence-corrected chi connectivity index (χ0v) is 17.0. The highest BCUT2D eigenvalue weighted by atomic mass is 16.5. The van der Waals surface area contributed by atoms with Gasteiger partial charge in [-0.05, 0) is 38.1 Å². The SMILES string of the molecule is CCN(CC)C(=O)CN(C)C(=O)c1ccccc1OCc1cn2ccccc2n1. The maximum Gasteiger partial charge on any atom is 0.257 e. The Kier molecular flexibility index (Phi) is 6.49. The van der Waals surface area contributed by atoms with Crippen LogP contribution in [0.1, 0.15) is 29.9 Å². The molecule has 7 heteroatoms. The highest BCUT2D eigenvalue weighted by Crippen LogP contribution is 2.21. The number of nitrogens with zero attached hydrogens (tertiary/aromatic N) is 4. The number of amides is 2. The highest BCUT2D eigenvalue weighted by molar-refractivity contribution is 5.98. The first kappa shape index (κ1) is 20.4. The molecule has 0 atom stereocenters. The van der Waals surface area contributed by atoms with E-state index < -0.39 is 0 Å². The van der Waals surface area contributed by atoms with Crippen molar-refractivity contribution in [2.45, 2.75) is 20.5 Å². The maximum absolute atomic E-state index is 12.9. The number of imidazole rings is 1. The molecular formula is C22H26N4O3. The molecule has 0 saturated carbocycles. The number of rotatable bonds is 8. The van der Waals surface area contributed by atoms with E-state index in [2.05, 4.69) is 4.98 Å². The number of aromatic nitrogens is 2. The van der Waals surface area contributed by atoms with Crippen molar-refractivity contribution in [2.75, 3.05) is 26.7 Å². The molecule has 0 bridgehead atoms. The Morgan fingerprint density at radius 1 is 1.07 bits per heavy atom. The molecule has 0 saturated heterocycles. The summed E-state index contributed by atoms with van der Waals surface area (Å²) < 4.78 is 7.82. The van der Waals surface area contributed by atoms with Gasteiger partial charge in [-0.2, -0.15) is 0 Å². The van der Waals surface area contributed by atoms with Crippen molar-refractivity contribution in [1.29, 1.82) is 0 Å². The number of hydrogen-bond donors (Lipinski definition) is 0. The number of benzene rings is 1. The highest BCUT2D eigenvalue weighted by Gasteiger charge is 2.20. The molecule has 0 spiro atoms. The van der Waals surface area contributed by atoms with E-state index in [1.807, 2.05) is 54.9 Å². The molecule has 2 aromatic heterocycles. The fourth-order valence-corrected chi connectivity index (χ4v) is 3.13. The summed E-state index contributed by atoms with van der Waals surface area (Å²) in [6, 6.07) is 12.8. The number of hydrogen-bond acceptors (Lipinski definition) is 4. The number of para-hydroxylation sites is 1. The molecule has 7 nitrogen and oxygen atoms in total. The normalized spacial score (nSPS) is 10.7. The van der Waals surface area contributed by atoms with Crippen LogP contribution in [0.2, 0.25) is 0 Å². The minimum absolute atomic E-state index is 0.0291. The lowest BCUT2D eigenvalue weighted by Crippen LogP contribution is -2.41. The van der Waals surface area contributed by atoms with Gasteiger partial charge in [0, 0.05) is 32.5 Å². The Bertz CT molecular complexity index is 961. The van der Waals surface area contributed by atoms with Crippen molar-refractivity contribution in [3.8, 4) is 5.75 Å². The summed E-state index contributed by atoms with van der Waals surface area (Å²) in [6.07, 6.45) is 3.82. The van der Waals surface area contributed by atoms with Gasteiger partial charge in [0.2, 0.25) is 5.91 Å². The predicted molar refractivity (Wildman–Crippen MR) is 111 cm³/mol. The van der Waals surface area contributed by atoms with Gasteiger partial charge >= 0.3 is 0 Å². The van der Waals surface area contributed by atoms with Crippen molar-refractivity contribution >= 4 is 17.5 Å². The van der Waals surface area contributed by atoms with Crippen LogP contribution in [0.5, 0.6) is 5.75 Å². The van der Waals surface area contributed by atoms with Crippen LogP contribution in [-0.2, 0) is 11.4 Å². The first-order chi connectivity index (χ1) is 14.0. The van der Waals surface area contributed by atoms with E-state index >= 15 is 0 Å². The number of ether oxygens (including phenoxy) is 1. The van der Waals surface area contributed by atoms with Crippen molar-refractivity contribution < 1.29 is 14.3 Å². The molecule has 0 aliphatic heterocycles. The van der Waals surface area contributed by atoms with E-state index in [-0.39, 0.29) is 25.0 Å². The topological polar surface area (TPSA) is 67.2 Å². The molecule has 0 radical (unpaired) electrons. The van der Waals surface area contributed by atoms with Gasteiger partial charge in [0.25, 0.3) is 5.91 Å². The minimum atomic E-state index is -0.254. The average Bonchev–Trinajstić information content (AvgIpc) is 3.15. The van der Waals surface area contributed by atoms with E-state index in [1.54, 1.807) is 30.1 Å². The molecule has 0 unspecified atom stereocenters. The summed E-state index contributed by atoms with van der Waals surface area (Å²) in [5, 5.41) is 0. The standard InChI is InChI=1S/C22H26N4O3/c1-4-25(5-2)21(27)15-24(3)22(28)18-10-6-7-11-19(18)29-16-17-14-26-13-9-8-12-20(26)23-17/h6-14H,4-5,15-16H2,1-3H3. The lowest BCUT2D eigenvalue weighted by molar-refractivity contribution is -0.131. The van der Waals surface area contributed by atoms with E-state index in [4.69, 9.17) is 4.74 Å². The number of carbonyl (C=O) groups is 2. The van der Waals surface area contributed by atoms with Crippen LogP contribution in [0.25, 0.3) is 5.65 Å². The smallest absolute Gasteiger partial charge is 0.257 e. The fraction of sp³-hybridized carbons (Fsp3) is 0.318. The van der Waals surface area contributed by atoms with Gasteiger partial charge < -0.3 is 18.9 Å². The predicted octanol–water partition coefficient (Wildman–Crippen LogP) is 2.85. The minimum Gasteiger partial charge on any atom is -0.486 e. The van der Waals surface area contributed by atoms with Gasteiger partial charge in [-0.15, -0.1) is 0 Å². The summed E-state index contributed by atoms with van der Waals surface area (Å²) in [5.41, 5.74) is 2.03. The molecule has 0 N–H and O–H groups in total. The van der Waals surface area contributed by atoms with Crippen LogP contribution < -0.4 is 4.74 Å². The first-order valence-corrected chi connectivity index (χ1v) is 9.71. The summed E-state index contributed by atoms with van der Waals surface area (Å²) >= 11 is 0. The lowest BCUT2D eigenvalue weighted by atomic mass is 10.1. The molecule has 152 valence electrons. The summed E-state index contributed by atoms with van der Waals surface area (Å²) in [7, 11) is 1.63. The van der Waals surface area contributed by atoms with Gasteiger partial charge in [-0.25, -0.2) is 4.98 Å². The van der Waals surface area contributed by atoms with Crippen molar-refractivity contribution in [3.05, 3.63) is 66.1 Å². The second kappa shape index (κ2) is 9.23. The monoisotopic (exact) mass is 394 g/mol. The Morgan fingerprint density at radius 2 is 1.79 bits per heavy atom. The zero-order chi connectivity index (χ0) is 20.8. The number of likely N-dealkylation sites (N-methyl/N-ethyl adjacent to an activating group) is 2. The molecule has 3 rings (SSSR count). The van der Waals surface area contributed by atoms with E-state index in [0.29, 0.717) is 24.4 Å². The first-order valence-electron chi connectivity index (χ1n) is 9.71. The number of carbonyl (C=O) groups excluding carboxylic acids is 2. The van der Waals surface area contributed by atoms with Crippen LogP contribution in [0, 0.1) is 0 Å². The van der Waals surface area contributed by atoms with Crippen LogP contribution in [-0.4, -0.2) is 57.7 Å². The fourth-order valence-electron chi connectivity index (χ4n) is 3.13. The van der Waals surface area contributed by atoms with Crippen LogP contribution >= 0.6 is 0 Å². The molecule has 3 aromatic rings. The van der Waals surface area contributed by atoms with Gasteiger partial charge in [0.15, 0.2) is 0 Å². The lowest BCUT2D eigenvalue weighted by Gasteiger charge is -2.23. The molecule has 0 aliphatic rings. The van der Waals surface area contributed by atoms with E-state index in [0.717, 1.165) is 11.3 Å². The van der Waals surface area contributed by atoms with Crippen LogP contribution in [0.15, 0.2) is 54.9 Å². The largest absolute Gasteiger partial charge is 0.486 e. The van der Waals surface area contributed by atoms with Gasteiger partial charge in [0.1, 0.15) is 18.0 Å². The quantitative estimate of drug-likeness (QED) is 0.589. The van der Waals surface area contributed by atoms with Crippen LogP contribution in [0.3, 0.4) is 0 Å². The molecular weight excluding hydrogens is 368 g/mol. The molecule has 2 heterocycles. The summed E-state index contributed by atoms with van der Waals surface area (Å²) in [4.78, 5) is 32.9. The third kappa shape index (κ3) is 4.74. The summed E-state index contributed by atoms with van der Waals surface area (Å²) in [5.74, 6) is 0.141. The molecule has 0 fully saturated rings. The van der Waals surface area contributed by atoms with Gasteiger partial charge in [-0.3, -0.25) is 9.59 Å². The van der Waals surface area contributed by atoms with Crippen molar-refractivity contribution in [3.63, 3.8) is 0 Å². The maximum atomic E-state index is 12.9. The number of pyridine rings is 1. The van der Waals surface area contributed by atoms with E-state index in [1.165, 1.54) is 4.90 Å². The van der Waals surface area contributed by atoms with Gasteiger partial charge in [0.05, 0.1) is 17.8 Å².